The zero-order valence-corrected chi connectivity index (χ0v) is 17.9. The molecule has 0 aliphatic heterocycles. The van der Waals surface area contributed by atoms with Gasteiger partial charge in [-0.3, -0.25) is 19.2 Å². The molecular formula is C17H31N5O6S. The third-order valence-corrected chi connectivity index (χ3v) is 4.47. The first kappa shape index (κ1) is 26.7. The molecule has 0 spiro atoms. The number of carbonyl (C=O) groups is 5. The van der Waals surface area contributed by atoms with E-state index in [9.17, 15) is 29.1 Å². The van der Waals surface area contributed by atoms with Crippen LogP contribution in [-0.4, -0.2) is 64.6 Å². The minimum atomic E-state index is -1.42. The molecule has 0 radical (unpaired) electrons. The molecule has 0 heterocycles. The summed E-state index contributed by atoms with van der Waals surface area (Å²) in [6.07, 6.45) is -0.555. The second-order valence-corrected chi connectivity index (χ2v) is 7.68. The van der Waals surface area contributed by atoms with E-state index in [0.717, 1.165) is 0 Å². The van der Waals surface area contributed by atoms with Gasteiger partial charge in [-0.2, -0.15) is 12.6 Å². The van der Waals surface area contributed by atoms with Crippen molar-refractivity contribution in [3.05, 3.63) is 0 Å². The van der Waals surface area contributed by atoms with Crippen molar-refractivity contribution in [3.63, 3.8) is 0 Å². The second-order valence-electron chi connectivity index (χ2n) is 7.31. The molecule has 0 saturated heterocycles. The zero-order chi connectivity index (χ0) is 22.9. The van der Waals surface area contributed by atoms with Crippen molar-refractivity contribution in [1.29, 1.82) is 0 Å². The normalized spacial score (nSPS) is 15.2. The van der Waals surface area contributed by atoms with Gasteiger partial charge in [0.1, 0.15) is 18.1 Å². The number of hydrogen-bond donors (Lipinski definition) is 7. The van der Waals surface area contributed by atoms with Gasteiger partial charge in [-0.05, 0) is 11.8 Å². The number of thiol groups is 1. The van der Waals surface area contributed by atoms with Gasteiger partial charge >= 0.3 is 5.97 Å². The number of aliphatic carboxylic acids is 1. The third-order valence-electron chi connectivity index (χ3n) is 4.11. The monoisotopic (exact) mass is 433 g/mol. The summed E-state index contributed by atoms with van der Waals surface area (Å²) in [5, 5.41) is 16.2. The Morgan fingerprint density at radius 2 is 1.34 bits per heavy atom. The van der Waals surface area contributed by atoms with E-state index in [-0.39, 0.29) is 11.7 Å². The number of hydrogen-bond acceptors (Lipinski definition) is 7. The smallest absolute Gasteiger partial charge is 0.326 e. The van der Waals surface area contributed by atoms with Gasteiger partial charge in [0.15, 0.2) is 0 Å². The number of carboxylic acid groups (broad SMARTS) is 1. The van der Waals surface area contributed by atoms with E-state index in [2.05, 4.69) is 28.6 Å². The van der Waals surface area contributed by atoms with Gasteiger partial charge in [0.2, 0.25) is 23.6 Å². The summed E-state index contributed by atoms with van der Waals surface area (Å²) in [5.41, 5.74) is 10.9. The van der Waals surface area contributed by atoms with Crippen LogP contribution in [0.2, 0.25) is 0 Å². The van der Waals surface area contributed by atoms with E-state index in [0.29, 0.717) is 0 Å². The van der Waals surface area contributed by atoms with Gasteiger partial charge < -0.3 is 32.5 Å². The molecule has 0 fully saturated rings. The number of carbonyl (C=O) groups excluding carboxylic acids is 4. The number of rotatable bonds is 12. The average molecular weight is 434 g/mol. The summed E-state index contributed by atoms with van der Waals surface area (Å²) in [6, 6.07) is -4.62. The van der Waals surface area contributed by atoms with Gasteiger partial charge in [-0.15, -0.1) is 0 Å². The maximum atomic E-state index is 12.5. The first-order valence-electron chi connectivity index (χ1n) is 9.10. The highest BCUT2D eigenvalue weighted by Crippen LogP contribution is 2.04. The maximum absolute atomic E-state index is 12.5. The van der Waals surface area contributed by atoms with Crippen LogP contribution in [-0.2, 0) is 24.0 Å². The molecule has 4 atom stereocenters. The Balaban J connectivity index is 5.30. The van der Waals surface area contributed by atoms with E-state index in [1.54, 1.807) is 27.7 Å². The molecule has 8 N–H and O–H groups in total. The van der Waals surface area contributed by atoms with Crippen molar-refractivity contribution in [2.24, 2.45) is 23.3 Å². The molecule has 0 rings (SSSR count). The minimum Gasteiger partial charge on any atom is -0.480 e. The molecule has 12 heteroatoms. The van der Waals surface area contributed by atoms with Crippen LogP contribution in [0, 0.1) is 11.8 Å². The van der Waals surface area contributed by atoms with Crippen molar-refractivity contribution in [2.45, 2.75) is 58.3 Å². The Morgan fingerprint density at radius 1 is 0.862 bits per heavy atom. The fourth-order valence-corrected chi connectivity index (χ4v) is 2.47. The van der Waals surface area contributed by atoms with Crippen LogP contribution >= 0.6 is 12.6 Å². The first-order valence-corrected chi connectivity index (χ1v) is 9.73. The topological polar surface area (TPSA) is 194 Å². The van der Waals surface area contributed by atoms with Crippen molar-refractivity contribution in [3.8, 4) is 0 Å². The number of nitrogens with two attached hydrogens (primary N) is 2. The molecule has 0 aromatic heterocycles. The van der Waals surface area contributed by atoms with Crippen LogP contribution in [0.25, 0.3) is 0 Å². The summed E-state index contributed by atoms with van der Waals surface area (Å²) in [6.45, 7) is 6.65. The predicted molar refractivity (Wildman–Crippen MR) is 109 cm³/mol. The molecule has 0 aliphatic rings. The average Bonchev–Trinajstić information content (AvgIpc) is 2.61. The highest BCUT2D eigenvalue weighted by Gasteiger charge is 2.32. The lowest BCUT2D eigenvalue weighted by molar-refractivity contribution is -0.143. The van der Waals surface area contributed by atoms with Gasteiger partial charge in [0, 0.05) is 5.75 Å². The highest BCUT2D eigenvalue weighted by atomic mass is 32.1. The summed E-state index contributed by atoms with van der Waals surface area (Å²) < 4.78 is 0. The standard InChI is InChI=1S/C17H31N5O6S/c1-7(2)12(19)16(26)21-10(6-29)15(25)20-9(5-11(18)23)14(24)22-13(8(3)4)17(27)28/h7-10,12-13,29H,5-6,19H2,1-4H3,(H2,18,23)(H,20,25)(H,21,26)(H,22,24)(H,27,28). The largest absolute Gasteiger partial charge is 0.480 e. The zero-order valence-electron chi connectivity index (χ0n) is 17.0. The van der Waals surface area contributed by atoms with Gasteiger partial charge in [-0.25, -0.2) is 4.79 Å². The van der Waals surface area contributed by atoms with Crippen LogP contribution < -0.4 is 27.4 Å². The Morgan fingerprint density at radius 3 is 1.72 bits per heavy atom. The SMILES string of the molecule is CC(C)C(N)C(=O)NC(CS)C(=O)NC(CC(N)=O)C(=O)NC(C(=O)O)C(C)C. The molecular weight excluding hydrogens is 402 g/mol. The fourth-order valence-electron chi connectivity index (χ4n) is 2.21. The van der Waals surface area contributed by atoms with Crippen molar-refractivity contribution >= 4 is 42.2 Å². The van der Waals surface area contributed by atoms with Gasteiger partial charge in [0.25, 0.3) is 0 Å². The molecule has 0 saturated carbocycles. The Kier molecular flexibility index (Phi) is 11.3. The molecule has 0 bridgehead atoms. The van der Waals surface area contributed by atoms with Crippen molar-refractivity contribution in [2.75, 3.05) is 5.75 Å². The third kappa shape index (κ3) is 9.13. The quantitative estimate of drug-likeness (QED) is 0.172. The highest BCUT2D eigenvalue weighted by molar-refractivity contribution is 7.80. The summed E-state index contributed by atoms with van der Waals surface area (Å²) in [5.74, 6) is -5.11. The lowest BCUT2D eigenvalue weighted by Gasteiger charge is -2.25. The van der Waals surface area contributed by atoms with Crippen LogP contribution in [0.1, 0.15) is 34.1 Å². The maximum Gasteiger partial charge on any atom is 0.326 e. The Bertz CT molecular complexity index is 627. The molecule has 0 aliphatic carbocycles. The minimum absolute atomic E-state index is 0.100. The molecule has 0 aromatic rings. The van der Waals surface area contributed by atoms with Crippen molar-refractivity contribution in [1.82, 2.24) is 16.0 Å². The van der Waals surface area contributed by atoms with E-state index in [1.807, 2.05) is 0 Å². The van der Waals surface area contributed by atoms with Crippen LogP contribution in [0.5, 0.6) is 0 Å². The Labute approximate surface area is 175 Å². The van der Waals surface area contributed by atoms with Gasteiger partial charge in [0.05, 0.1) is 12.5 Å². The molecule has 29 heavy (non-hydrogen) atoms. The summed E-state index contributed by atoms with van der Waals surface area (Å²) in [4.78, 5) is 59.6. The molecule has 11 nitrogen and oxygen atoms in total. The molecule has 0 aromatic carbocycles. The van der Waals surface area contributed by atoms with E-state index >= 15 is 0 Å². The fraction of sp³-hybridized carbons (Fsp3) is 0.706. The van der Waals surface area contributed by atoms with Crippen LogP contribution in [0.3, 0.4) is 0 Å². The lowest BCUT2D eigenvalue weighted by Crippen LogP contribution is -2.59. The molecule has 166 valence electrons. The summed E-state index contributed by atoms with van der Waals surface area (Å²) >= 11 is 4.02. The van der Waals surface area contributed by atoms with Crippen molar-refractivity contribution < 1.29 is 29.1 Å². The van der Waals surface area contributed by atoms with Crippen LogP contribution in [0.4, 0.5) is 0 Å². The predicted octanol–water partition coefficient (Wildman–Crippen LogP) is -2.03. The lowest BCUT2D eigenvalue weighted by atomic mass is 10.0. The second kappa shape index (κ2) is 12.3. The summed E-state index contributed by atoms with van der Waals surface area (Å²) in [7, 11) is 0. The van der Waals surface area contributed by atoms with Gasteiger partial charge in [-0.1, -0.05) is 27.7 Å². The number of carboxylic acids is 1. The number of nitrogens with one attached hydrogen (secondary N) is 3. The van der Waals surface area contributed by atoms with Crippen LogP contribution in [0.15, 0.2) is 0 Å². The molecule has 4 unspecified atom stereocenters. The molecule has 4 amide bonds. The van der Waals surface area contributed by atoms with E-state index < -0.39 is 66.1 Å². The first-order chi connectivity index (χ1) is 13.3. The van der Waals surface area contributed by atoms with E-state index in [4.69, 9.17) is 11.5 Å². The van der Waals surface area contributed by atoms with E-state index in [1.165, 1.54) is 0 Å². The Hall–Kier alpha value is -2.34. The number of primary amides is 1. The number of amides is 4.